The number of carboxylic acids is 1. The summed E-state index contributed by atoms with van der Waals surface area (Å²) in [7, 11) is -1.89. The first-order valence-corrected chi connectivity index (χ1v) is 7.23. The molecule has 2 rings (SSSR count). The first-order chi connectivity index (χ1) is 8.38. The molecule has 1 aliphatic rings. The summed E-state index contributed by atoms with van der Waals surface area (Å²) in [6, 6.07) is 0.986. The third-order valence-corrected chi connectivity index (χ3v) is 4.48. The molecule has 0 aromatic carbocycles. The molecule has 0 aliphatic heterocycles. The number of hydrogen-bond acceptors (Lipinski definition) is 3. The SMILES string of the molecule is Cn1ccc(S(=O)(=O)NC(CC(=O)O)C2CC2)c1. The van der Waals surface area contributed by atoms with Crippen molar-refractivity contribution in [1.82, 2.24) is 9.29 Å². The van der Waals surface area contributed by atoms with E-state index < -0.39 is 22.0 Å². The number of rotatable bonds is 6. The summed E-state index contributed by atoms with van der Waals surface area (Å²) < 4.78 is 28.2. The molecular weight excluding hydrogens is 256 g/mol. The van der Waals surface area contributed by atoms with Crippen LogP contribution in [0.25, 0.3) is 0 Å². The molecule has 6 nitrogen and oxygen atoms in total. The fraction of sp³-hybridized carbons (Fsp3) is 0.545. The average Bonchev–Trinajstić information content (AvgIpc) is 2.99. The van der Waals surface area contributed by atoms with Gasteiger partial charge in [0.05, 0.1) is 11.3 Å². The van der Waals surface area contributed by atoms with Crippen LogP contribution in [-0.4, -0.2) is 30.1 Å². The lowest BCUT2D eigenvalue weighted by molar-refractivity contribution is -0.137. The van der Waals surface area contributed by atoms with E-state index in [4.69, 9.17) is 5.11 Å². The van der Waals surface area contributed by atoms with Gasteiger partial charge in [-0.15, -0.1) is 0 Å². The molecule has 1 atom stereocenters. The van der Waals surface area contributed by atoms with E-state index in [0.29, 0.717) is 0 Å². The van der Waals surface area contributed by atoms with E-state index in [2.05, 4.69) is 4.72 Å². The summed E-state index contributed by atoms with van der Waals surface area (Å²) in [5, 5.41) is 8.79. The Bertz CT molecular complexity index is 545. The summed E-state index contributed by atoms with van der Waals surface area (Å²) in [5.74, 6) is -0.831. The Morgan fingerprint density at radius 3 is 2.72 bits per heavy atom. The van der Waals surface area contributed by atoms with Gasteiger partial charge < -0.3 is 9.67 Å². The molecule has 2 N–H and O–H groups in total. The van der Waals surface area contributed by atoms with E-state index in [1.165, 1.54) is 12.3 Å². The second-order valence-electron chi connectivity index (χ2n) is 4.68. The summed E-state index contributed by atoms with van der Waals surface area (Å²) >= 11 is 0. The summed E-state index contributed by atoms with van der Waals surface area (Å²) in [6.07, 6.45) is 4.73. The van der Waals surface area contributed by atoms with Gasteiger partial charge >= 0.3 is 5.97 Å². The van der Waals surface area contributed by atoms with Crippen LogP contribution in [0, 0.1) is 5.92 Å². The number of sulfonamides is 1. The van der Waals surface area contributed by atoms with Crippen molar-refractivity contribution in [3.8, 4) is 0 Å². The van der Waals surface area contributed by atoms with Gasteiger partial charge in [0.2, 0.25) is 10.0 Å². The number of aromatic nitrogens is 1. The molecule has 1 fully saturated rings. The van der Waals surface area contributed by atoms with Crippen molar-refractivity contribution in [2.45, 2.75) is 30.2 Å². The van der Waals surface area contributed by atoms with Gasteiger partial charge in [-0.05, 0) is 24.8 Å². The monoisotopic (exact) mass is 272 g/mol. The van der Waals surface area contributed by atoms with E-state index in [-0.39, 0.29) is 17.2 Å². The zero-order chi connectivity index (χ0) is 13.3. The van der Waals surface area contributed by atoms with E-state index >= 15 is 0 Å². The summed E-state index contributed by atoms with van der Waals surface area (Å²) in [6.45, 7) is 0. The molecular formula is C11H16N2O4S. The molecule has 7 heteroatoms. The van der Waals surface area contributed by atoms with Gasteiger partial charge in [-0.3, -0.25) is 4.79 Å². The van der Waals surface area contributed by atoms with Crippen molar-refractivity contribution < 1.29 is 18.3 Å². The van der Waals surface area contributed by atoms with E-state index in [9.17, 15) is 13.2 Å². The Morgan fingerprint density at radius 1 is 1.61 bits per heavy atom. The van der Waals surface area contributed by atoms with E-state index in [0.717, 1.165) is 12.8 Å². The van der Waals surface area contributed by atoms with Crippen LogP contribution in [0.5, 0.6) is 0 Å². The van der Waals surface area contributed by atoms with Gasteiger partial charge in [0.1, 0.15) is 0 Å². The maximum atomic E-state index is 12.1. The normalized spacial score (nSPS) is 17.6. The highest BCUT2D eigenvalue weighted by Crippen LogP contribution is 2.34. The minimum absolute atomic E-state index is 0.152. The Kier molecular flexibility index (Phi) is 3.45. The van der Waals surface area contributed by atoms with Crippen LogP contribution in [0.3, 0.4) is 0 Å². The Balaban J connectivity index is 2.12. The van der Waals surface area contributed by atoms with Crippen LogP contribution in [0.4, 0.5) is 0 Å². The molecule has 100 valence electrons. The highest BCUT2D eigenvalue weighted by Gasteiger charge is 2.35. The zero-order valence-electron chi connectivity index (χ0n) is 10.0. The second-order valence-corrected chi connectivity index (χ2v) is 6.39. The molecule has 1 saturated carbocycles. The summed E-state index contributed by atoms with van der Waals surface area (Å²) in [4.78, 5) is 10.9. The summed E-state index contributed by atoms with van der Waals surface area (Å²) in [5.41, 5.74) is 0. The van der Waals surface area contributed by atoms with Crippen LogP contribution in [-0.2, 0) is 21.9 Å². The maximum Gasteiger partial charge on any atom is 0.304 e. The number of nitrogens with one attached hydrogen (secondary N) is 1. The van der Waals surface area contributed by atoms with E-state index in [1.54, 1.807) is 17.8 Å². The van der Waals surface area contributed by atoms with Crippen LogP contribution in [0.2, 0.25) is 0 Å². The fourth-order valence-electron chi connectivity index (χ4n) is 1.90. The third-order valence-electron chi connectivity index (χ3n) is 3.01. The number of hydrogen-bond donors (Lipinski definition) is 2. The van der Waals surface area contributed by atoms with Crippen LogP contribution in [0.15, 0.2) is 23.4 Å². The predicted octanol–water partition coefficient (Wildman–Crippen LogP) is 0.557. The van der Waals surface area contributed by atoms with Crippen molar-refractivity contribution in [2.75, 3.05) is 0 Å². The number of carbonyl (C=O) groups is 1. The van der Waals surface area contributed by atoms with Gasteiger partial charge in [0, 0.05) is 25.5 Å². The predicted molar refractivity (Wildman–Crippen MR) is 64.5 cm³/mol. The van der Waals surface area contributed by atoms with Crippen molar-refractivity contribution in [2.24, 2.45) is 13.0 Å². The molecule has 0 radical (unpaired) electrons. The molecule has 18 heavy (non-hydrogen) atoms. The smallest absolute Gasteiger partial charge is 0.304 e. The Morgan fingerprint density at radius 2 is 2.28 bits per heavy atom. The van der Waals surface area contributed by atoms with Gasteiger partial charge in [-0.2, -0.15) is 0 Å². The largest absolute Gasteiger partial charge is 0.481 e. The number of aliphatic carboxylic acids is 1. The zero-order valence-corrected chi connectivity index (χ0v) is 10.9. The van der Waals surface area contributed by atoms with Crippen LogP contribution < -0.4 is 4.72 Å². The lowest BCUT2D eigenvalue weighted by atomic mass is 10.1. The average molecular weight is 272 g/mol. The van der Waals surface area contributed by atoms with Gasteiger partial charge in [0.25, 0.3) is 0 Å². The molecule has 1 aliphatic carbocycles. The molecule has 1 aromatic heterocycles. The minimum atomic E-state index is -3.62. The van der Waals surface area contributed by atoms with E-state index in [1.807, 2.05) is 0 Å². The topological polar surface area (TPSA) is 88.4 Å². The van der Waals surface area contributed by atoms with Crippen molar-refractivity contribution >= 4 is 16.0 Å². The number of carboxylic acid groups (broad SMARTS) is 1. The van der Waals surface area contributed by atoms with Gasteiger partial charge in [-0.1, -0.05) is 0 Å². The minimum Gasteiger partial charge on any atom is -0.481 e. The molecule has 1 heterocycles. The molecule has 1 aromatic rings. The van der Waals surface area contributed by atoms with Crippen LogP contribution in [0.1, 0.15) is 19.3 Å². The van der Waals surface area contributed by atoms with Crippen molar-refractivity contribution in [3.05, 3.63) is 18.5 Å². The molecule has 1 unspecified atom stereocenters. The standard InChI is InChI=1S/C11H16N2O4S/c1-13-5-4-9(7-13)18(16,17)12-10(6-11(14)15)8-2-3-8/h4-5,7-8,10,12H,2-3,6H2,1H3,(H,14,15). The maximum absolute atomic E-state index is 12.1. The second kappa shape index (κ2) is 4.74. The quantitative estimate of drug-likeness (QED) is 0.792. The van der Waals surface area contributed by atoms with Crippen molar-refractivity contribution in [3.63, 3.8) is 0 Å². The highest BCUT2D eigenvalue weighted by atomic mass is 32.2. The molecule has 0 bridgehead atoms. The third kappa shape index (κ3) is 3.11. The molecule has 0 saturated heterocycles. The van der Waals surface area contributed by atoms with Crippen molar-refractivity contribution in [1.29, 1.82) is 0 Å². The molecule has 0 amide bonds. The first kappa shape index (κ1) is 13.1. The first-order valence-electron chi connectivity index (χ1n) is 5.74. The van der Waals surface area contributed by atoms with Gasteiger partial charge in [0.15, 0.2) is 0 Å². The fourth-order valence-corrected chi connectivity index (χ4v) is 3.25. The number of nitrogens with zero attached hydrogens (tertiary/aromatic N) is 1. The lowest BCUT2D eigenvalue weighted by Crippen LogP contribution is -2.37. The number of aryl methyl sites for hydroxylation is 1. The van der Waals surface area contributed by atoms with Gasteiger partial charge in [-0.25, -0.2) is 13.1 Å². The Hall–Kier alpha value is -1.34. The lowest BCUT2D eigenvalue weighted by Gasteiger charge is -2.15. The van der Waals surface area contributed by atoms with Crippen LogP contribution >= 0.6 is 0 Å². The highest BCUT2D eigenvalue weighted by molar-refractivity contribution is 7.89. The Labute approximate surface area is 106 Å². The molecule has 0 spiro atoms.